The summed E-state index contributed by atoms with van der Waals surface area (Å²) in [7, 11) is 3.97. The van der Waals surface area contributed by atoms with Crippen LogP contribution in [0.25, 0.3) is 0 Å². The van der Waals surface area contributed by atoms with E-state index < -0.39 is 11.9 Å². The van der Waals surface area contributed by atoms with Gasteiger partial charge in [0.15, 0.2) is 0 Å². The zero-order valence-corrected chi connectivity index (χ0v) is 17.5. The number of nitrogens with one attached hydrogen (secondary N) is 1. The van der Waals surface area contributed by atoms with Gasteiger partial charge in [-0.3, -0.25) is 14.5 Å². The predicted octanol–water partition coefficient (Wildman–Crippen LogP) is 2.19. The third-order valence-electron chi connectivity index (χ3n) is 5.48. The summed E-state index contributed by atoms with van der Waals surface area (Å²) in [5.74, 6) is -0.578. The van der Waals surface area contributed by atoms with Gasteiger partial charge in [-0.2, -0.15) is 0 Å². The summed E-state index contributed by atoms with van der Waals surface area (Å²) in [6, 6.07) is 16.8. The first-order valence-electron chi connectivity index (χ1n) is 9.65. The van der Waals surface area contributed by atoms with E-state index >= 15 is 0 Å². The monoisotopic (exact) mass is 414 g/mol. The number of primary amides is 1. The predicted molar refractivity (Wildman–Crippen MR) is 114 cm³/mol. The smallest absolute Gasteiger partial charge is 0.234 e. The highest BCUT2D eigenvalue weighted by Gasteiger charge is 2.45. The molecule has 0 aliphatic carbocycles. The number of likely N-dealkylation sites (N-methyl/N-ethyl adjacent to an activating group) is 1. The molecule has 2 aromatic rings. The van der Waals surface area contributed by atoms with Gasteiger partial charge in [0.05, 0.1) is 18.6 Å². The Morgan fingerprint density at radius 1 is 1.14 bits per heavy atom. The van der Waals surface area contributed by atoms with Crippen molar-refractivity contribution in [1.29, 1.82) is 0 Å². The van der Waals surface area contributed by atoms with Gasteiger partial charge in [0.2, 0.25) is 11.8 Å². The Balaban J connectivity index is 1.79. The van der Waals surface area contributed by atoms with Crippen LogP contribution in [0.5, 0.6) is 0 Å². The third kappa shape index (κ3) is 4.96. The van der Waals surface area contributed by atoms with Gasteiger partial charge in [-0.25, -0.2) is 0 Å². The maximum atomic E-state index is 12.7. The van der Waals surface area contributed by atoms with E-state index in [1.807, 2.05) is 67.5 Å². The summed E-state index contributed by atoms with van der Waals surface area (Å²) in [4.78, 5) is 28.9. The second-order valence-electron chi connectivity index (χ2n) is 7.58. The van der Waals surface area contributed by atoms with Gasteiger partial charge in [0.25, 0.3) is 0 Å². The Kier molecular flexibility index (Phi) is 6.90. The Labute approximate surface area is 176 Å². The molecule has 29 heavy (non-hydrogen) atoms. The largest absolute Gasteiger partial charge is 0.368 e. The van der Waals surface area contributed by atoms with Crippen molar-refractivity contribution in [1.82, 2.24) is 15.1 Å². The average molecular weight is 415 g/mol. The van der Waals surface area contributed by atoms with Gasteiger partial charge in [-0.05, 0) is 37.7 Å². The maximum Gasteiger partial charge on any atom is 0.234 e. The molecule has 7 heteroatoms. The van der Waals surface area contributed by atoms with E-state index in [1.165, 1.54) is 0 Å². The van der Waals surface area contributed by atoms with Crippen molar-refractivity contribution in [3.8, 4) is 0 Å². The zero-order valence-electron chi connectivity index (χ0n) is 16.7. The topological polar surface area (TPSA) is 78.7 Å². The molecule has 0 bridgehead atoms. The fourth-order valence-electron chi connectivity index (χ4n) is 4.01. The minimum Gasteiger partial charge on any atom is -0.368 e. The lowest BCUT2D eigenvalue weighted by Crippen LogP contribution is -2.46. The molecule has 0 spiro atoms. The summed E-state index contributed by atoms with van der Waals surface area (Å²) in [6.45, 7) is 0.419. The Morgan fingerprint density at radius 2 is 1.79 bits per heavy atom. The number of rotatable bonds is 7. The Morgan fingerprint density at radius 3 is 2.41 bits per heavy atom. The van der Waals surface area contributed by atoms with Crippen molar-refractivity contribution >= 4 is 23.4 Å². The van der Waals surface area contributed by atoms with Crippen LogP contribution in [0.15, 0.2) is 54.6 Å². The number of hydrogen-bond acceptors (Lipinski definition) is 4. The summed E-state index contributed by atoms with van der Waals surface area (Å²) in [5, 5.41) is 3.52. The first-order valence-corrected chi connectivity index (χ1v) is 10.0. The molecule has 0 unspecified atom stereocenters. The van der Waals surface area contributed by atoms with Crippen LogP contribution in [0.3, 0.4) is 0 Å². The Bertz CT molecular complexity index is 859. The van der Waals surface area contributed by atoms with Crippen molar-refractivity contribution in [2.75, 3.05) is 20.6 Å². The van der Waals surface area contributed by atoms with Gasteiger partial charge in [-0.1, -0.05) is 60.1 Å². The second-order valence-corrected chi connectivity index (χ2v) is 7.99. The lowest BCUT2D eigenvalue weighted by molar-refractivity contribution is -0.126. The first-order chi connectivity index (χ1) is 13.9. The first kappa shape index (κ1) is 21.3. The van der Waals surface area contributed by atoms with E-state index in [4.69, 9.17) is 17.3 Å². The lowest BCUT2D eigenvalue weighted by atomic mass is 9.99. The van der Waals surface area contributed by atoms with E-state index in [2.05, 4.69) is 10.2 Å². The highest BCUT2D eigenvalue weighted by molar-refractivity contribution is 6.31. The SMILES string of the molecule is CN(C)[C@@H]1C[C@@H](C(N)=O)N(CC(=O)NCc2ccccc2Cl)[C@H]1c1ccccc1. The number of nitrogens with two attached hydrogens (primary N) is 1. The highest BCUT2D eigenvalue weighted by atomic mass is 35.5. The minimum atomic E-state index is -0.501. The average Bonchev–Trinajstić information content (AvgIpc) is 3.07. The molecule has 154 valence electrons. The number of nitrogens with zero attached hydrogens (tertiary/aromatic N) is 2. The van der Waals surface area contributed by atoms with Crippen molar-refractivity contribution in [3.05, 3.63) is 70.7 Å². The van der Waals surface area contributed by atoms with Gasteiger partial charge in [0.1, 0.15) is 0 Å². The van der Waals surface area contributed by atoms with Crippen LogP contribution in [-0.2, 0) is 16.1 Å². The van der Waals surface area contributed by atoms with Crippen LogP contribution in [0.2, 0.25) is 5.02 Å². The third-order valence-corrected chi connectivity index (χ3v) is 5.85. The zero-order chi connectivity index (χ0) is 21.0. The van der Waals surface area contributed by atoms with Crippen LogP contribution in [-0.4, -0.2) is 54.3 Å². The van der Waals surface area contributed by atoms with E-state index in [-0.39, 0.29) is 24.5 Å². The summed E-state index contributed by atoms with van der Waals surface area (Å²) < 4.78 is 0. The van der Waals surface area contributed by atoms with Crippen molar-refractivity contribution in [2.24, 2.45) is 5.73 Å². The molecule has 6 nitrogen and oxygen atoms in total. The summed E-state index contributed by atoms with van der Waals surface area (Å²) >= 11 is 6.17. The number of halogens is 1. The van der Waals surface area contributed by atoms with Crippen LogP contribution in [0, 0.1) is 0 Å². The molecule has 3 atom stereocenters. The molecule has 1 heterocycles. The maximum absolute atomic E-state index is 12.7. The fourth-order valence-corrected chi connectivity index (χ4v) is 4.21. The molecular weight excluding hydrogens is 388 g/mol. The minimum absolute atomic E-state index is 0.0752. The molecule has 1 aliphatic heterocycles. The number of carbonyl (C=O) groups is 2. The molecule has 1 aliphatic rings. The molecular formula is C22H27ClN4O2. The van der Waals surface area contributed by atoms with Gasteiger partial charge < -0.3 is 16.0 Å². The normalized spacial score (nSPS) is 22.0. The number of likely N-dealkylation sites (tertiary alicyclic amines) is 1. The van der Waals surface area contributed by atoms with Crippen LogP contribution >= 0.6 is 11.6 Å². The summed E-state index contributed by atoms with van der Waals surface area (Å²) in [5.41, 5.74) is 7.62. The number of amides is 2. The van der Waals surface area contributed by atoms with Gasteiger partial charge >= 0.3 is 0 Å². The van der Waals surface area contributed by atoms with E-state index in [0.29, 0.717) is 18.0 Å². The van der Waals surface area contributed by atoms with Crippen molar-refractivity contribution in [2.45, 2.75) is 31.1 Å². The molecule has 2 amide bonds. The molecule has 0 saturated carbocycles. The molecule has 0 aromatic heterocycles. The van der Waals surface area contributed by atoms with Crippen LogP contribution < -0.4 is 11.1 Å². The standard InChI is InChI=1S/C22H27ClN4O2/c1-26(2)18-12-19(22(24)29)27(21(18)15-8-4-3-5-9-15)14-20(28)25-13-16-10-6-7-11-17(16)23/h3-11,18-19,21H,12-14H2,1-2H3,(H2,24,29)(H,25,28)/t18-,19+,21+/m1/s1. The van der Waals surface area contributed by atoms with Crippen molar-refractivity contribution in [3.63, 3.8) is 0 Å². The van der Waals surface area contributed by atoms with Gasteiger partial charge in [0, 0.05) is 17.6 Å². The second kappa shape index (κ2) is 9.39. The molecule has 1 fully saturated rings. The van der Waals surface area contributed by atoms with Crippen molar-refractivity contribution < 1.29 is 9.59 Å². The molecule has 1 saturated heterocycles. The molecule has 3 rings (SSSR count). The Hall–Kier alpha value is -2.41. The van der Waals surface area contributed by atoms with Crippen LogP contribution in [0.4, 0.5) is 0 Å². The highest BCUT2D eigenvalue weighted by Crippen LogP contribution is 2.38. The quantitative estimate of drug-likeness (QED) is 0.727. The van der Waals surface area contributed by atoms with Crippen LogP contribution in [0.1, 0.15) is 23.6 Å². The van der Waals surface area contributed by atoms with E-state index in [0.717, 1.165) is 11.1 Å². The molecule has 0 radical (unpaired) electrons. The summed E-state index contributed by atoms with van der Waals surface area (Å²) in [6.07, 6.45) is 0.583. The lowest BCUT2D eigenvalue weighted by Gasteiger charge is -2.32. The number of benzene rings is 2. The fraction of sp³-hybridized carbons (Fsp3) is 0.364. The van der Waals surface area contributed by atoms with Gasteiger partial charge in [-0.15, -0.1) is 0 Å². The number of carbonyl (C=O) groups excluding carboxylic acids is 2. The number of hydrogen-bond donors (Lipinski definition) is 2. The molecule has 3 N–H and O–H groups in total. The molecule has 2 aromatic carbocycles. The van der Waals surface area contributed by atoms with E-state index in [1.54, 1.807) is 6.07 Å². The van der Waals surface area contributed by atoms with E-state index in [9.17, 15) is 9.59 Å².